The van der Waals surface area contributed by atoms with Crippen LogP contribution in [0.5, 0.6) is 0 Å². The van der Waals surface area contributed by atoms with Gasteiger partial charge in [-0.2, -0.15) is 5.10 Å². The average Bonchev–Trinajstić information content (AvgIpc) is 3.40. The van der Waals surface area contributed by atoms with Crippen molar-refractivity contribution < 1.29 is 13.6 Å². The van der Waals surface area contributed by atoms with Gasteiger partial charge in [0, 0.05) is 55.1 Å². The standard InChI is InChI=1S/C24H28F2N6O/c1-14-12-32-22(28-23(14)30-8-6-17(27)13-30)11-20(29-32)21-5-3-4-7-31(21)24(33)18-9-16(25)10-19(26)15(18)2/h9-12,17,21H,3-8,13,27H2,1-2H3/t17-,21-/m0/s1. The topological polar surface area (TPSA) is 79.8 Å². The van der Waals surface area contributed by atoms with Crippen molar-refractivity contribution in [1.29, 1.82) is 0 Å². The second-order valence-corrected chi connectivity index (χ2v) is 9.18. The Balaban J connectivity index is 1.49. The van der Waals surface area contributed by atoms with Crippen molar-refractivity contribution in [2.45, 2.75) is 51.6 Å². The third-order valence-corrected chi connectivity index (χ3v) is 6.79. The van der Waals surface area contributed by atoms with Gasteiger partial charge < -0.3 is 15.5 Å². The Bertz CT molecular complexity index is 1230. The summed E-state index contributed by atoms with van der Waals surface area (Å²) in [5, 5.41) is 4.73. The van der Waals surface area contributed by atoms with Crippen molar-refractivity contribution in [2.24, 2.45) is 5.73 Å². The molecule has 3 aromatic rings. The molecule has 4 heterocycles. The van der Waals surface area contributed by atoms with Gasteiger partial charge in [0.25, 0.3) is 5.91 Å². The Hall–Kier alpha value is -3.07. The van der Waals surface area contributed by atoms with Gasteiger partial charge in [-0.3, -0.25) is 4.79 Å². The maximum absolute atomic E-state index is 14.1. The number of carbonyl (C=O) groups is 1. The molecule has 2 aliphatic heterocycles. The van der Waals surface area contributed by atoms with Crippen LogP contribution in [-0.4, -0.2) is 51.1 Å². The van der Waals surface area contributed by atoms with Crippen LogP contribution in [0.25, 0.3) is 5.65 Å². The number of halogens is 2. The number of hydrogen-bond acceptors (Lipinski definition) is 5. The molecule has 0 aliphatic carbocycles. The van der Waals surface area contributed by atoms with Crippen molar-refractivity contribution in [2.75, 3.05) is 24.5 Å². The zero-order valence-electron chi connectivity index (χ0n) is 18.9. The van der Waals surface area contributed by atoms with Crippen LogP contribution in [-0.2, 0) is 0 Å². The zero-order valence-corrected chi connectivity index (χ0v) is 18.9. The van der Waals surface area contributed by atoms with E-state index in [1.54, 1.807) is 9.42 Å². The molecule has 2 saturated heterocycles. The van der Waals surface area contributed by atoms with E-state index < -0.39 is 11.6 Å². The SMILES string of the molecule is Cc1cn2nc([C@@H]3CCCCN3C(=O)c3cc(F)cc(F)c3C)cc2nc1N1CC[C@H](N)C1. The maximum atomic E-state index is 14.1. The lowest BCUT2D eigenvalue weighted by atomic mass is 9.97. The Kier molecular flexibility index (Phi) is 5.52. The number of aryl methyl sites for hydroxylation is 1. The summed E-state index contributed by atoms with van der Waals surface area (Å²) < 4.78 is 29.7. The summed E-state index contributed by atoms with van der Waals surface area (Å²) in [5.41, 5.74) is 8.74. The molecule has 2 N–H and O–H groups in total. The molecule has 0 spiro atoms. The number of anilines is 1. The van der Waals surface area contributed by atoms with E-state index in [0.29, 0.717) is 12.2 Å². The van der Waals surface area contributed by atoms with Gasteiger partial charge in [0.1, 0.15) is 17.5 Å². The smallest absolute Gasteiger partial charge is 0.254 e. The van der Waals surface area contributed by atoms with Crippen molar-refractivity contribution in [1.82, 2.24) is 19.5 Å². The minimum absolute atomic E-state index is 0.0600. The fraction of sp³-hybridized carbons (Fsp3) is 0.458. The molecule has 0 bridgehead atoms. The molecule has 5 rings (SSSR count). The number of carbonyl (C=O) groups excluding carboxylic acids is 1. The van der Waals surface area contributed by atoms with Crippen molar-refractivity contribution in [3.8, 4) is 0 Å². The second-order valence-electron chi connectivity index (χ2n) is 9.18. The van der Waals surface area contributed by atoms with Crippen LogP contribution < -0.4 is 10.6 Å². The zero-order chi connectivity index (χ0) is 23.3. The number of likely N-dealkylation sites (tertiary alicyclic amines) is 1. The predicted octanol–water partition coefficient (Wildman–Crippen LogP) is 3.53. The third-order valence-electron chi connectivity index (χ3n) is 6.79. The second kappa shape index (κ2) is 8.37. The molecule has 0 unspecified atom stereocenters. The summed E-state index contributed by atoms with van der Waals surface area (Å²) in [6.07, 6.45) is 5.41. The van der Waals surface area contributed by atoms with Crippen molar-refractivity contribution in [3.05, 3.63) is 58.4 Å². The number of rotatable bonds is 3. The van der Waals surface area contributed by atoms with Gasteiger partial charge >= 0.3 is 0 Å². The van der Waals surface area contributed by atoms with Crippen LogP contribution >= 0.6 is 0 Å². The Morgan fingerprint density at radius 3 is 2.70 bits per heavy atom. The number of fused-ring (bicyclic) bond motifs is 1. The largest absolute Gasteiger partial charge is 0.355 e. The third kappa shape index (κ3) is 3.94. The normalized spacial score (nSPS) is 21.2. The summed E-state index contributed by atoms with van der Waals surface area (Å²) in [6, 6.07) is 3.71. The van der Waals surface area contributed by atoms with E-state index in [1.165, 1.54) is 6.92 Å². The molecule has 2 aliphatic rings. The highest BCUT2D eigenvalue weighted by molar-refractivity contribution is 5.96. The number of nitrogens with two attached hydrogens (primary N) is 1. The first kappa shape index (κ1) is 21.8. The fourth-order valence-corrected chi connectivity index (χ4v) is 4.99. The van der Waals surface area contributed by atoms with E-state index in [0.717, 1.165) is 68.0 Å². The number of aromatic nitrogens is 3. The average molecular weight is 455 g/mol. The minimum atomic E-state index is -0.753. The maximum Gasteiger partial charge on any atom is 0.254 e. The molecule has 0 saturated carbocycles. The number of benzene rings is 1. The summed E-state index contributed by atoms with van der Waals surface area (Å²) in [7, 11) is 0. The Morgan fingerprint density at radius 1 is 1.12 bits per heavy atom. The van der Waals surface area contributed by atoms with Gasteiger partial charge in [0.2, 0.25) is 0 Å². The lowest BCUT2D eigenvalue weighted by Crippen LogP contribution is -2.39. The molecule has 33 heavy (non-hydrogen) atoms. The van der Waals surface area contributed by atoms with Gasteiger partial charge in [0.05, 0.1) is 11.7 Å². The van der Waals surface area contributed by atoms with E-state index in [-0.39, 0.29) is 29.1 Å². The molecule has 0 radical (unpaired) electrons. The summed E-state index contributed by atoms with van der Waals surface area (Å²) in [5.74, 6) is -0.932. The summed E-state index contributed by atoms with van der Waals surface area (Å²) >= 11 is 0. The van der Waals surface area contributed by atoms with Crippen LogP contribution in [0.15, 0.2) is 24.4 Å². The monoisotopic (exact) mass is 454 g/mol. The lowest BCUT2D eigenvalue weighted by molar-refractivity contribution is 0.0604. The van der Waals surface area contributed by atoms with Gasteiger partial charge in [-0.15, -0.1) is 0 Å². The van der Waals surface area contributed by atoms with Crippen LogP contribution in [0.4, 0.5) is 14.6 Å². The molecule has 9 heteroatoms. The number of amides is 1. The first-order valence-electron chi connectivity index (χ1n) is 11.5. The molecule has 7 nitrogen and oxygen atoms in total. The Labute approximate surface area is 191 Å². The van der Waals surface area contributed by atoms with E-state index >= 15 is 0 Å². The quantitative estimate of drug-likeness (QED) is 0.655. The van der Waals surface area contributed by atoms with E-state index in [9.17, 15) is 13.6 Å². The highest BCUT2D eigenvalue weighted by Gasteiger charge is 2.32. The molecule has 1 amide bonds. The van der Waals surface area contributed by atoms with Gasteiger partial charge in [-0.05, 0) is 51.2 Å². The van der Waals surface area contributed by atoms with Crippen LogP contribution in [0, 0.1) is 25.5 Å². The van der Waals surface area contributed by atoms with Gasteiger partial charge in [0.15, 0.2) is 5.65 Å². The number of piperidine rings is 1. The van der Waals surface area contributed by atoms with Gasteiger partial charge in [-0.25, -0.2) is 18.3 Å². The number of hydrogen-bond donors (Lipinski definition) is 1. The van der Waals surface area contributed by atoms with E-state index in [2.05, 4.69) is 4.90 Å². The van der Waals surface area contributed by atoms with Crippen LogP contribution in [0.3, 0.4) is 0 Å². The highest BCUT2D eigenvalue weighted by Crippen LogP contribution is 2.33. The molecule has 1 aromatic carbocycles. The summed E-state index contributed by atoms with van der Waals surface area (Å²) in [4.78, 5) is 22.1. The molecular formula is C24H28F2N6O. The first-order chi connectivity index (χ1) is 15.8. The fourth-order valence-electron chi connectivity index (χ4n) is 4.99. The molecule has 174 valence electrons. The molecule has 2 aromatic heterocycles. The highest BCUT2D eigenvalue weighted by atomic mass is 19.1. The van der Waals surface area contributed by atoms with Crippen molar-refractivity contribution in [3.63, 3.8) is 0 Å². The predicted molar refractivity (Wildman–Crippen MR) is 121 cm³/mol. The Morgan fingerprint density at radius 2 is 1.94 bits per heavy atom. The van der Waals surface area contributed by atoms with E-state index in [1.807, 2.05) is 19.2 Å². The molecular weight excluding hydrogens is 426 g/mol. The van der Waals surface area contributed by atoms with Crippen LogP contribution in [0.2, 0.25) is 0 Å². The summed E-state index contributed by atoms with van der Waals surface area (Å²) in [6.45, 7) is 5.67. The van der Waals surface area contributed by atoms with Crippen LogP contribution in [0.1, 0.15) is 58.9 Å². The lowest BCUT2D eigenvalue weighted by Gasteiger charge is -2.35. The van der Waals surface area contributed by atoms with E-state index in [4.69, 9.17) is 15.8 Å². The first-order valence-corrected chi connectivity index (χ1v) is 11.5. The van der Waals surface area contributed by atoms with Gasteiger partial charge in [-0.1, -0.05) is 0 Å². The number of nitrogens with zero attached hydrogens (tertiary/aromatic N) is 5. The van der Waals surface area contributed by atoms with Crippen molar-refractivity contribution >= 4 is 17.4 Å². The molecule has 2 fully saturated rings. The molecule has 2 atom stereocenters. The minimum Gasteiger partial charge on any atom is -0.355 e.